The van der Waals surface area contributed by atoms with Crippen LogP contribution in [0.25, 0.3) is 0 Å². The third kappa shape index (κ3) is 1.83. The van der Waals surface area contributed by atoms with Crippen LogP contribution in [0.5, 0.6) is 0 Å². The lowest BCUT2D eigenvalue weighted by atomic mass is 9.97. The Morgan fingerprint density at radius 2 is 1.73 bits per heavy atom. The molecule has 6 nitrogen and oxygen atoms in total. The molecule has 0 aliphatic rings. The van der Waals surface area contributed by atoms with Crippen molar-refractivity contribution in [2.75, 3.05) is 0 Å². The molecule has 15 heavy (non-hydrogen) atoms. The van der Waals surface area contributed by atoms with Crippen molar-refractivity contribution < 1.29 is 19.8 Å². The van der Waals surface area contributed by atoms with Crippen molar-refractivity contribution in [1.29, 1.82) is 0 Å². The minimum atomic E-state index is -1.54. The Labute approximate surface area is 86.1 Å². The van der Waals surface area contributed by atoms with E-state index in [-0.39, 0.29) is 5.56 Å². The fourth-order valence-electron chi connectivity index (χ4n) is 1.56. The number of carbonyl (C=O) groups is 2. The zero-order chi connectivity index (χ0) is 11.7. The number of carboxylic acids is 2. The van der Waals surface area contributed by atoms with Gasteiger partial charge in [0.25, 0.3) is 0 Å². The largest absolute Gasteiger partial charge is 0.480 e. The second kappa shape index (κ2) is 3.72. The van der Waals surface area contributed by atoms with Crippen LogP contribution in [0.2, 0.25) is 0 Å². The van der Waals surface area contributed by atoms with Gasteiger partial charge in [0, 0.05) is 18.3 Å². The third-order valence-corrected chi connectivity index (χ3v) is 2.35. The van der Waals surface area contributed by atoms with E-state index >= 15 is 0 Å². The lowest BCUT2D eigenvalue weighted by molar-refractivity contribution is -0.150. The van der Waals surface area contributed by atoms with Gasteiger partial charge in [-0.2, -0.15) is 5.10 Å². The predicted octanol–water partition coefficient (Wildman–Crippen LogP) is 0.290. The molecule has 1 aromatic heterocycles. The normalized spacial score (nSPS) is 10.7. The van der Waals surface area contributed by atoms with Crippen molar-refractivity contribution >= 4 is 11.9 Å². The van der Waals surface area contributed by atoms with Gasteiger partial charge in [-0.1, -0.05) is 0 Å². The van der Waals surface area contributed by atoms with E-state index in [1.54, 1.807) is 20.9 Å². The van der Waals surface area contributed by atoms with Crippen LogP contribution in [0, 0.1) is 13.8 Å². The molecule has 0 radical (unpaired) electrons. The Bertz CT molecular complexity index is 408. The summed E-state index contributed by atoms with van der Waals surface area (Å²) >= 11 is 0. The van der Waals surface area contributed by atoms with Gasteiger partial charge >= 0.3 is 11.9 Å². The molecule has 2 N–H and O–H groups in total. The summed E-state index contributed by atoms with van der Waals surface area (Å²) in [6.07, 6.45) is 0. The maximum atomic E-state index is 10.8. The van der Waals surface area contributed by atoms with Crippen molar-refractivity contribution in [2.24, 2.45) is 7.05 Å². The lowest BCUT2D eigenvalue weighted by Crippen LogP contribution is -2.22. The number of hydrogen-bond acceptors (Lipinski definition) is 3. The topological polar surface area (TPSA) is 92.4 Å². The molecule has 0 unspecified atom stereocenters. The van der Waals surface area contributed by atoms with Crippen LogP contribution in [-0.4, -0.2) is 31.9 Å². The first kappa shape index (κ1) is 11.2. The number of rotatable bonds is 3. The van der Waals surface area contributed by atoms with Crippen LogP contribution < -0.4 is 0 Å². The molecule has 0 aliphatic heterocycles. The highest BCUT2D eigenvalue weighted by Gasteiger charge is 2.32. The third-order valence-electron chi connectivity index (χ3n) is 2.35. The molecule has 0 saturated carbocycles. The van der Waals surface area contributed by atoms with Crippen molar-refractivity contribution in [3.8, 4) is 0 Å². The van der Waals surface area contributed by atoms with E-state index in [4.69, 9.17) is 10.2 Å². The highest BCUT2D eigenvalue weighted by molar-refractivity contribution is 5.99. The van der Waals surface area contributed by atoms with Crippen LogP contribution in [0.15, 0.2) is 0 Å². The summed E-state index contributed by atoms with van der Waals surface area (Å²) in [7, 11) is 1.65. The quantitative estimate of drug-likeness (QED) is 0.702. The summed E-state index contributed by atoms with van der Waals surface area (Å²) in [5.41, 5.74) is 1.25. The SMILES string of the molecule is Cc1nn(C)c(C)c1C(C(=O)O)C(=O)O. The first-order valence-electron chi connectivity index (χ1n) is 4.32. The van der Waals surface area contributed by atoms with Crippen molar-refractivity contribution in [3.63, 3.8) is 0 Å². The molecule has 0 aliphatic carbocycles. The predicted molar refractivity (Wildman–Crippen MR) is 50.7 cm³/mol. The van der Waals surface area contributed by atoms with Crippen LogP contribution in [0.3, 0.4) is 0 Å². The van der Waals surface area contributed by atoms with E-state index < -0.39 is 17.9 Å². The Hall–Kier alpha value is -1.85. The number of carboxylic acid groups (broad SMARTS) is 2. The van der Waals surface area contributed by atoms with E-state index in [2.05, 4.69) is 5.10 Å². The molecule has 0 spiro atoms. The fourth-order valence-corrected chi connectivity index (χ4v) is 1.56. The lowest BCUT2D eigenvalue weighted by Gasteiger charge is -2.07. The fraction of sp³-hybridized carbons (Fsp3) is 0.444. The maximum Gasteiger partial charge on any atom is 0.322 e. The molecule has 0 amide bonds. The minimum Gasteiger partial charge on any atom is -0.480 e. The molecule has 6 heteroatoms. The molecule has 0 atom stereocenters. The number of nitrogens with zero attached hydrogens (tertiary/aromatic N) is 2. The van der Waals surface area contributed by atoms with Crippen LogP contribution in [-0.2, 0) is 16.6 Å². The van der Waals surface area contributed by atoms with E-state index in [1.165, 1.54) is 4.68 Å². The summed E-state index contributed by atoms with van der Waals surface area (Å²) in [6.45, 7) is 3.25. The highest BCUT2D eigenvalue weighted by atomic mass is 16.4. The summed E-state index contributed by atoms with van der Waals surface area (Å²) in [6, 6.07) is 0. The molecule has 0 bridgehead atoms. The smallest absolute Gasteiger partial charge is 0.322 e. The maximum absolute atomic E-state index is 10.8. The molecule has 82 valence electrons. The molecule has 0 aromatic carbocycles. The van der Waals surface area contributed by atoms with Crippen LogP contribution in [0.1, 0.15) is 22.9 Å². The number of aromatic nitrogens is 2. The Kier molecular flexibility index (Phi) is 2.78. The second-order valence-corrected chi connectivity index (χ2v) is 3.32. The summed E-state index contributed by atoms with van der Waals surface area (Å²) in [5.74, 6) is -4.29. The van der Waals surface area contributed by atoms with Crippen molar-refractivity contribution in [2.45, 2.75) is 19.8 Å². The molecule has 1 rings (SSSR count). The Morgan fingerprint density at radius 1 is 1.27 bits per heavy atom. The van der Waals surface area contributed by atoms with Gasteiger partial charge in [-0.05, 0) is 13.8 Å². The Balaban J connectivity index is 3.35. The van der Waals surface area contributed by atoms with Gasteiger partial charge in [0.1, 0.15) is 0 Å². The van der Waals surface area contributed by atoms with Crippen LogP contribution in [0.4, 0.5) is 0 Å². The number of aryl methyl sites for hydroxylation is 2. The van der Waals surface area contributed by atoms with Gasteiger partial charge in [0.15, 0.2) is 5.92 Å². The standard InChI is InChI=1S/C9H12N2O4/c1-4-6(5(2)11(3)10-4)7(8(12)13)9(14)15/h7H,1-3H3,(H,12,13)(H,14,15). The average molecular weight is 212 g/mol. The van der Waals surface area contributed by atoms with E-state index in [0.29, 0.717) is 11.4 Å². The number of hydrogen-bond donors (Lipinski definition) is 2. The monoisotopic (exact) mass is 212 g/mol. The molecule has 1 aromatic rings. The molecular weight excluding hydrogens is 200 g/mol. The van der Waals surface area contributed by atoms with Crippen molar-refractivity contribution in [3.05, 3.63) is 17.0 Å². The summed E-state index contributed by atoms with van der Waals surface area (Å²) in [5, 5.41) is 21.7. The first-order valence-corrected chi connectivity index (χ1v) is 4.32. The zero-order valence-electron chi connectivity index (χ0n) is 8.68. The molecule has 1 heterocycles. The van der Waals surface area contributed by atoms with E-state index in [9.17, 15) is 9.59 Å². The van der Waals surface area contributed by atoms with Gasteiger partial charge in [-0.3, -0.25) is 14.3 Å². The van der Waals surface area contributed by atoms with Gasteiger partial charge in [0.05, 0.1) is 5.69 Å². The zero-order valence-corrected chi connectivity index (χ0v) is 8.68. The minimum absolute atomic E-state index is 0.262. The average Bonchev–Trinajstić information content (AvgIpc) is 2.31. The van der Waals surface area contributed by atoms with E-state index in [1.807, 2.05) is 0 Å². The summed E-state index contributed by atoms with van der Waals surface area (Å²) < 4.78 is 1.48. The Morgan fingerprint density at radius 3 is 2.00 bits per heavy atom. The molecule has 0 fully saturated rings. The van der Waals surface area contributed by atoms with Gasteiger partial charge < -0.3 is 10.2 Å². The molecule has 0 saturated heterocycles. The highest BCUT2D eigenvalue weighted by Crippen LogP contribution is 2.23. The van der Waals surface area contributed by atoms with Gasteiger partial charge in [-0.15, -0.1) is 0 Å². The van der Waals surface area contributed by atoms with Crippen LogP contribution >= 0.6 is 0 Å². The second-order valence-electron chi connectivity index (χ2n) is 3.32. The first-order chi connectivity index (χ1) is 6.86. The molecular formula is C9H12N2O4. The number of aliphatic carboxylic acids is 2. The van der Waals surface area contributed by atoms with Crippen molar-refractivity contribution in [1.82, 2.24) is 9.78 Å². The van der Waals surface area contributed by atoms with Gasteiger partial charge in [0.2, 0.25) is 0 Å². The van der Waals surface area contributed by atoms with E-state index in [0.717, 1.165) is 0 Å². The van der Waals surface area contributed by atoms with Gasteiger partial charge in [-0.25, -0.2) is 0 Å². The summed E-state index contributed by atoms with van der Waals surface area (Å²) in [4.78, 5) is 21.7.